The number of hydrogen-bond acceptors (Lipinski definition) is 4. The van der Waals surface area contributed by atoms with Gasteiger partial charge in [0.1, 0.15) is 12.0 Å². The number of aliphatic hydroxyl groups is 1. The Labute approximate surface area is 109 Å². The second kappa shape index (κ2) is 4.44. The number of nitrogens with zero attached hydrogens (tertiary/aromatic N) is 1. The zero-order valence-corrected chi connectivity index (χ0v) is 11.5. The standard InChI is InChI=1S/C14H25NO3/c1-11(2)12-15-13(8-16,9-17-12)10-18-14(15)6-4-3-5-7-14/h11-12,16H,3-10H2,1-2H3/t12-,13-/m1/s1. The topological polar surface area (TPSA) is 41.9 Å². The minimum absolute atomic E-state index is 0.0951. The van der Waals surface area contributed by atoms with Gasteiger partial charge in [0.15, 0.2) is 0 Å². The molecule has 2 atom stereocenters. The maximum absolute atomic E-state index is 9.84. The molecule has 2 heterocycles. The number of aliphatic hydroxyl groups excluding tert-OH is 1. The first-order chi connectivity index (χ1) is 8.64. The maximum Gasteiger partial charge on any atom is 0.124 e. The average molecular weight is 255 g/mol. The Balaban J connectivity index is 1.93. The third kappa shape index (κ3) is 1.66. The van der Waals surface area contributed by atoms with Crippen LogP contribution in [0.2, 0.25) is 0 Å². The predicted molar refractivity (Wildman–Crippen MR) is 68.0 cm³/mol. The molecule has 1 aliphatic carbocycles. The summed E-state index contributed by atoms with van der Waals surface area (Å²) in [7, 11) is 0. The average Bonchev–Trinajstić information content (AvgIpc) is 2.90. The molecule has 0 unspecified atom stereocenters. The van der Waals surface area contributed by atoms with Crippen molar-refractivity contribution >= 4 is 0 Å². The molecule has 0 aromatic rings. The Kier molecular flexibility index (Phi) is 3.17. The van der Waals surface area contributed by atoms with Crippen molar-refractivity contribution in [2.45, 2.75) is 63.4 Å². The molecule has 4 heteroatoms. The van der Waals surface area contributed by atoms with Crippen LogP contribution in [0.15, 0.2) is 0 Å². The van der Waals surface area contributed by atoms with Gasteiger partial charge in [-0.05, 0) is 31.6 Å². The molecule has 104 valence electrons. The number of ether oxygens (including phenoxy) is 2. The van der Waals surface area contributed by atoms with Gasteiger partial charge >= 0.3 is 0 Å². The van der Waals surface area contributed by atoms with Crippen LogP contribution < -0.4 is 0 Å². The lowest BCUT2D eigenvalue weighted by molar-refractivity contribution is -0.166. The van der Waals surface area contributed by atoms with Crippen molar-refractivity contribution in [3.63, 3.8) is 0 Å². The van der Waals surface area contributed by atoms with Crippen LogP contribution in [-0.4, -0.2) is 47.3 Å². The number of rotatable bonds is 2. The lowest BCUT2D eigenvalue weighted by atomic mass is 9.88. The molecule has 3 aliphatic rings. The van der Waals surface area contributed by atoms with Crippen LogP contribution in [0.25, 0.3) is 0 Å². The van der Waals surface area contributed by atoms with Crippen molar-refractivity contribution in [3.05, 3.63) is 0 Å². The molecule has 2 saturated heterocycles. The first kappa shape index (κ1) is 12.9. The van der Waals surface area contributed by atoms with Crippen LogP contribution in [0.3, 0.4) is 0 Å². The van der Waals surface area contributed by atoms with Crippen molar-refractivity contribution in [2.24, 2.45) is 5.92 Å². The molecule has 4 nitrogen and oxygen atoms in total. The smallest absolute Gasteiger partial charge is 0.124 e. The molecular formula is C14H25NO3. The molecule has 0 radical (unpaired) electrons. The summed E-state index contributed by atoms with van der Waals surface area (Å²) in [6, 6.07) is 0. The highest BCUT2D eigenvalue weighted by Gasteiger charge is 2.62. The first-order valence-corrected chi connectivity index (χ1v) is 7.29. The highest BCUT2D eigenvalue weighted by atomic mass is 16.6. The summed E-state index contributed by atoms with van der Waals surface area (Å²) in [4.78, 5) is 2.39. The molecule has 18 heavy (non-hydrogen) atoms. The van der Waals surface area contributed by atoms with Gasteiger partial charge in [-0.2, -0.15) is 0 Å². The Bertz CT molecular complexity index is 314. The molecule has 0 aromatic heterocycles. The van der Waals surface area contributed by atoms with Crippen LogP contribution >= 0.6 is 0 Å². The fourth-order valence-corrected chi connectivity index (χ4v) is 3.92. The van der Waals surface area contributed by atoms with Crippen LogP contribution in [-0.2, 0) is 9.47 Å². The quantitative estimate of drug-likeness (QED) is 0.816. The van der Waals surface area contributed by atoms with E-state index in [2.05, 4.69) is 18.7 Å². The van der Waals surface area contributed by atoms with Crippen molar-refractivity contribution < 1.29 is 14.6 Å². The van der Waals surface area contributed by atoms with E-state index in [0.717, 1.165) is 12.8 Å². The molecule has 1 spiro atoms. The van der Waals surface area contributed by atoms with E-state index in [1.165, 1.54) is 19.3 Å². The second-order valence-electron chi connectivity index (χ2n) is 6.49. The summed E-state index contributed by atoms with van der Waals surface area (Å²) in [5.41, 5.74) is -0.446. The zero-order valence-electron chi connectivity index (χ0n) is 11.5. The first-order valence-electron chi connectivity index (χ1n) is 7.29. The van der Waals surface area contributed by atoms with E-state index in [1.54, 1.807) is 0 Å². The minimum Gasteiger partial charge on any atom is -0.394 e. The summed E-state index contributed by atoms with van der Waals surface area (Å²) in [6.45, 7) is 5.73. The summed E-state index contributed by atoms with van der Waals surface area (Å²) in [5.74, 6) is 0.430. The van der Waals surface area contributed by atoms with Gasteiger partial charge in [0.25, 0.3) is 0 Å². The van der Waals surface area contributed by atoms with Gasteiger partial charge in [0.05, 0.1) is 25.4 Å². The van der Waals surface area contributed by atoms with Crippen LogP contribution in [0, 0.1) is 5.92 Å². The third-order valence-electron chi connectivity index (χ3n) is 4.84. The monoisotopic (exact) mass is 255 g/mol. The summed E-state index contributed by atoms with van der Waals surface area (Å²) in [5, 5.41) is 9.84. The summed E-state index contributed by atoms with van der Waals surface area (Å²) >= 11 is 0. The van der Waals surface area contributed by atoms with Gasteiger partial charge in [0, 0.05) is 0 Å². The van der Waals surface area contributed by atoms with E-state index in [0.29, 0.717) is 19.1 Å². The number of fused-ring (bicyclic) bond motifs is 2. The van der Waals surface area contributed by atoms with Gasteiger partial charge < -0.3 is 14.6 Å². The van der Waals surface area contributed by atoms with Gasteiger partial charge in [0.2, 0.25) is 0 Å². The van der Waals surface area contributed by atoms with Crippen LogP contribution in [0.4, 0.5) is 0 Å². The molecule has 2 aliphatic heterocycles. The Morgan fingerprint density at radius 3 is 2.56 bits per heavy atom. The van der Waals surface area contributed by atoms with Gasteiger partial charge in [-0.15, -0.1) is 0 Å². The van der Waals surface area contributed by atoms with Crippen LogP contribution in [0.1, 0.15) is 46.0 Å². The molecule has 3 fully saturated rings. The van der Waals surface area contributed by atoms with E-state index in [1.807, 2.05) is 0 Å². The van der Waals surface area contributed by atoms with E-state index >= 15 is 0 Å². The van der Waals surface area contributed by atoms with Gasteiger partial charge in [-0.25, -0.2) is 4.90 Å². The summed E-state index contributed by atoms with van der Waals surface area (Å²) in [6.07, 6.45) is 6.02. The van der Waals surface area contributed by atoms with E-state index in [-0.39, 0.29) is 24.1 Å². The minimum atomic E-state index is -0.285. The molecule has 0 amide bonds. The Hall–Kier alpha value is -0.160. The molecule has 1 N–H and O–H groups in total. The van der Waals surface area contributed by atoms with Crippen molar-refractivity contribution in [1.82, 2.24) is 4.90 Å². The molecule has 0 bridgehead atoms. The van der Waals surface area contributed by atoms with Crippen LogP contribution in [0.5, 0.6) is 0 Å². The third-order valence-corrected chi connectivity index (χ3v) is 4.84. The molecule has 3 rings (SSSR count). The second-order valence-corrected chi connectivity index (χ2v) is 6.49. The van der Waals surface area contributed by atoms with Crippen molar-refractivity contribution in [2.75, 3.05) is 19.8 Å². The highest BCUT2D eigenvalue weighted by molar-refractivity contribution is 5.08. The highest BCUT2D eigenvalue weighted by Crippen LogP contribution is 2.49. The maximum atomic E-state index is 9.84. The lowest BCUT2D eigenvalue weighted by Crippen LogP contribution is -2.58. The van der Waals surface area contributed by atoms with Crippen molar-refractivity contribution in [3.8, 4) is 0 Å². The SMILES string of the molecule is CC(C)[C@H]1OC[C@]2(CO)COC3(CCCCC3)N12. The van der Waals surface area contributed by atoms with E-state index in [9.17, 15) is 5.11 Å². The Morgan fingerprint density at radius 1 is 1.22 bits per heavy atom. The fraction of sp³-hybridized carbons (Fsp3) is 1.00. The zero-order chi connectivity index (χ0) is 12.8. The normalized spacial score (nSPS) is 39.7. The van der Waals surface area contributed by atoms with E-state index in [4.69, 9.17) is 9.47 Å². The summed E-state index contributed by atoms with van der Waals surface area (Å²) < 4.78 is 12.2. The molecule has 0 aromatic carbocycles. The van der Waals surface area contributed by atoms with Gasteiger partial charge in [-0.3, -0.25) is 0 Å². The van der Waals surface area contributed by atoms with Gasteiger partial charge in [-0.1, -0.05) is 20.3 Å². The lowest BCUT2D eigenvalue weighted by Gasteiger charge is -2.45. The van der Waals surface area contributed by atoms with E-state index < -0.39 is 0 Å². The van der Waals surface area contributed by atoms with Crippen molar-refractivity contribution in [1.29, 1.82) is 0 Å². The predicted octanol–water partition coefficient (Wildman–Crippen LogP) is 1.72. The number of hydrogen-bond donors (Lipinski definition) is 1. The fourth-order valence-electron chi connectivity index (χ4n) is 3.92. The molecular weight excluding hydrogens is 230 g/mol. The largest absolute Gasteiger partial charge is 0.394 e. The molecule has 1 saturated carbocycles. The Morgan fingerprint density at radius 2 is 1.94 bits per heavy atom.